The van der Waals surface area contributed by atoms with Crippen molar-refractivity contribution in [2.45, 2.75) is 13.3 Å². The van der Waals surface area contributed by atoms with Gasteiger partial charge in [0.15, 0.2) is 5.69 Å². The fourth-order valence-corrected chi connectivity index (χ4v) is 2.27. The molecule has 1 N–H and O–H groups in total. The summed E-state index contributed by atoms with van der Waals surface area (Å²) in [5.41, 5.74) is 1.31. The second-order valence-corrected chi connectivity index (χ2v) is 4.51. The number of imidazole rings is 1. The number of carboxylic acid groups (broad SMARTS) is 1. The molecule has 0 amide bonds. The quantitative estimate of drug-likeness (QED) is 0.939. The van der Waals surface area contributed by atoms with Gasteiger partial charge in [-0.15, -0.1) is 0 Å². The van der Waals surface area contributed by atoms with E-state index in [-0.39, 0.29) is 5.69 Å². The van der Waals surface area contributed by atoms with Crippen molar-refractivity contribution in [1.82, 2.24) is 9.55 Å². The minimum Gasteiger partial charge on any atom is -0.476 e. The molecule has 0 bridgehead atoms. The number of carbonyl (C=O) groups is 1. The Kier molecular flexibility index (Phi) is 3.59. The molecule has 0 spiro atoms. The van der Waals surface area contributed by atoms with Gasteiger partial charge >= 0.3 is 5.97 Å². The number of nitrogens with zero attached hydrogens (tertiary/aromatic N) is 2. The molecule has 0 radical (unpaired) electrons. The molecule has 2 aromatic rings. The van der Waals surface area contributed by atoms with Crippen molar-refractivity contribution >= 4 is 29.2 Å². The molecule has 0 unspecified atom stereocenters. The highest BCUT2D eigenvalue weighted by molar-refractivity contribution is 6.35. The second kappa shape index (κ2) is 5.00. The van der Waals surface area contributed by atoms with Gasteiger partial charge in [-0.05, 0) is 24.6 Å². The summed E-state index contributed by atoms with van der Waals surface area (Å²) >= 11 is 11.9. The standard InChI is InChI=1S/C12H10Cl2N2O2/c1-2-9-11(12(17)18)15-6-16(9)10-4-3-7(13)5-8(10)14/h3-6H,2H2,1H3,(H,17,18). The lowest BCUT2D eigenvalue weighted by molar-refractivity contribution is 0.0690. The van der Waals surface area contributed by atoms with E-state index in [1.807, 2.05) is 6.92 Å². The maximum absolute atomic E-state index is 11.0. The fourth-order valence-electron chi connectivity index (χ4n) is 1.77. The lowest BCUT2D eigenvalue weighted by Gasteiger charge is -2.09. The third kappa shape index (κ3) is 2.21. The highest BCUT2D eigenvalue weighted by atomic mass is 35.5. The van der Waals surface area contributed by atoms with E-state index in [4.69, 9.17) is 28.3 Å². The Bertz CT molecular complexity index is 608. The van der Waals surface area contributed by atoms with Gasteiger partial charge in [-0.25, -0.2) is 9.78 Å². The van der Waals surface area contributed by atoms with Crippen molar-refractivity contribution in [3.05, 3.63) is 46.0 Å². The first-order valence-electron chi connectivity index (χ1n) is 5.29. The highest BCUT2D eigenvalue weighted by Gasteiger charge is 2.17. The predicted octanol–water partition coefficient (Wildman–Crippen LogP) is 3.44. The van der Waals surface area contributed by atoms with Crippen LogP contribution < -0.4 is 0 Å². The van der Waals surface area contributed by atoms with E-state index in [9.17, 15) is 4.79 Å². The highest BCUT2D eigenvalue weighted by Crippen LogP contribution is 2.26. The Labute approximate surface area is 114 Å². The van der Waals surface area contributed by atoms with Crippen molar-refractivity contribution in [2.24, 2.45) is 0 Å². The van der Waals surface area contributed by atoms with Crippen LogP contribution in [0.25, 0.3) is 5.69 Å². The smallest absolute Gasteiger partial charge is 0.356 e. The summed E-state index contributed by atoms with van der Waals surface area (Å²) in [5, 5.41) is 10.0. The molecule has 1 heterocycles. The molecule has 94 valence electrons. The van der Waals surface area contributed by atoms with Crippen LogP contribution >= 0.6 is 23.2 Å². The molecular weight excluding hydrogens is 275 g/mol. The van der Waals surface area contributed by atoms with Crippen LogP contribution in [-0.2, 0) is 6.42 Å². The van der Waals surface area contributed by atoms with Crippen LogP contribution in [0.3, 0.4) is 0 Å². The first-order valence-corrected chi connectivity index (χ1v) is 6.05. The third-order valence-corrected chi connectivity index (χ3v) is 3.11. The average Bonchev–Trinajstić information content (AvgIpc) is 2.72. The van der Waals surface area contributed by atoms with Gasteiger partial charge in [-0.3, -0.25) is 0 Å². The van der Waals surface area contributed by atoms with E-state index < -0.39 is 5.97 Å². The molecule has 0 aliphatic rings. The maximum atomic E-state index is 11.0. The predicted molar refractivity (Wildman–Crippen MR) is 69.9 cm³/mol. The van der Waals surface area contributed by atoms with Crippen LogP contribution in [-0.4, -0.2) is 20.6 Å². The SMILES string of the molecule is CCc1c(C(=O)O)ncn1-c1ccc(Cl)cc1Cl. The van der Waals surface area contributed by atoms with Crippen LogP contribution in [0.5, 0.6) is 0 Å². The number of rotatable bonds is 3. The largest absolute Gasteiger partial charge is 0.476 e. The average molecular weight is 285 g/mol. The van der Waals surface area contributed by atoms with Crippen LogP contribution in [0.15, 0.2) is 24.5 Å². The van der Waals surface area contributed by atoms with E-state index in [1.54, 1.807) is 22.8 Å². The first kappa shape index (κ1) is 12.9. The Balaban J connectivity index is 2.60. The van der Waals surface area contributed by atoms with Gasteiger partial charge in [0.25, 0.3) is 0 Å². The van der Waals surface area contributed by atoms with Crippen molar-refractivity contribution in [1.29, 1.82) is 0 Å². The molecule has 0 aliphatic carbocycles. The summed E-state index contributed by atoms with van der Waals surface area (Å²) < 4.78 is 1.67. The van der Waals surface area contributed by atoms with Crippen molar-refractivity contribution in [3.63, 3.8) is 0 Å². The van der Waals surface area contributed by atoms with E-state index in [2.05, 4.69) is 4.98 Å². The van der Waals surface area contributed by atoms with Gasteiger partial charge in [0.2, 0.25) is 0 Å². The van der Waals surface area contributed by atoms with E-state index in [1.165, 1.54) is 6.33 Å². The van der Waals surface area contributed by atoms with E-state index in [0.717, 1.165) is 0 Å². The molecule has 4 nitrogen and oxygen atoms in total. The van der Waals surface area contributed by atoms with Gasteiger partial charge in [0, 0.05) is 5.02 Å². The molecule has 0 fully saturated rings. The maximum Gasteiger partial charge on any atom is 0.356 e. The van der Waals surface area contributed by atoms with Crippen LogP contribution in [0, 0.1) is 0 Å². The van der Waals surface area contributed by atoms with Gasteiger partial charge in [0.05, 0.1) is 16.4 Å². The molecule has 6 heteroatoms. The monoisotopic (exact) mass is 284 g/mol. The Morgan fingerprint density at radius 3 is 2.72 bits per heavy atom. The molecule has 1 aromatic heterocycles. The van der Waals surface area contributed by atoms with E-state index in [0.29, 0.717) is 27.8 Å². The van der Waals surface area contributed by atoms with Crippen molar-refractivity contribution in [2.75, 3.05) is 0 Å². The fraction of sp³-hybridized carbons (Fsp3) is 0.167. The summed E-state index contributed by atoms with van der Waals surface area (Å²) in [6.07, 6.45) is 2.00. The van der Waals surface area contributed by atoms with Gasteiger partial charge < -0.3 is 9.67 Å². The zero-order valence-electron chi connectivity index (χ0n) is 9.52. The number of aromatic nitrogens is 2. The summed E-state index contributed by atoms with van der Waals surface area (Å²) in [7, 11) is 0. The molecule has 2 rings (SSSR count). The van der Waals surface area contributed by atoms with Crippen LogP contribution in [0.2, 0.25) is 10.0 Å². The van der Waals surface area contributed by atoms with Gasteiger partial charge in [-0.2, -0.15) is 0 Å². The summed E-state index contributed by atoms with van der Waals surface area (Å²) in [6, 6.07) is 5.04. The third-order valence-electron chi connectivity index (χ3n) is 2.57. The minimum atomic E-state index is -1.05. The number of hydrogen-bond donors (Lipinski definition) is 1. The van der Waals surface area contributed by atoms with Gasteiger partial charge in [0.1, 0.15) is 6.33 Å². The van der Waals surface area contributed by atoms with E-state index >= 15 is 0 Å². The zero-order valence-corrected chi connectivity index (χ0v) is 11.0. The number of halogens is 2. The number of benzene rings is 1. The van der Waals surface area contributed by atoms with Crippen molar-refractivity contribution in [3.8, 4) is 5.69 Å². The minimum absolute atomic E-state index is 0.0449. The Hall–Kier alpha value is -1.52. The molecule has 0 aliphatic heterocycles. The Morgan fingerprint density at radius 2 is 2.17 bits per heavy atom. The molecule has 0 saturated heterocycles. The molecule has 0 saturated carbocycles. The van der Waals surface area contributed by atoms with Gasteiger partial charge in [-0.1, -0.05) is 30.1 Å². The molecular formula is C12H10Cl2N2O2. The normalized spacial score (nSPS) is 10.6. The molecule has 18 heavy (non-hydrogen) atoms. The second-order valence-electron chi connectivity index (χ2n) is 3.66. The van der Waals surface area contributed by atoms with Crippen LogP contribution in [0.1, 0.15) is 23.1 Å². The lowest BCUT2D eigenvalue weighted by Crippen LogP contribution is -2.05. The lowest BCUT2D eigenvalue weighted by atomic mass is 10.2. The molecule has 0 atom stereocenters. The summed E-state index contributed by atoms with van der Waals surface area (Å²) in [5.74, 6) is -1.05. The summed E-state index contributed by atoms with van der Waals surface area (Å²) in [4.78, 5) is 14.9. The first-order chi connectivity index (χ1) is 8.54. The number of carboxylic acids is 1. The topological polar surface area (TPSA) is 55.1 Å². The van der Waals surface area contributed by atoms with Crippen LogP contribution in [0.4, 0.5) is 0 Å². The zero-order chi connectivity index (χ0) is 13.3. The number of hydrogen-bond acceptors (Lipinski definition) is 2. The van der Waals surface area contributed by atoms with Crippen molar-refractivity contribution < 1.29 is 9.90 Å². The molecule has 1 aromatic carbocycles. The summed E-state index contributed by atoms with van der Waals surface area (Å²) in [6.45, 7) is 1.86. The Morgan fingerprint density at radius 1 is 1.44 bits per heavy atom. The number of aromatic carboxylic acids is 1.